The third-order valence-electron chi connectivity index (χ3n) is 1.88. The van der Waals surface area contributed by atoms with Gasteiger partial charge in [-0.25, -0.2) is 0 Å². The lowest BCUT2D eigenvalue weighted by Gasteiger charge is -2.28. The third-order valence-corrected chi connectivity index (χ3v) is 2.41. The first-order valence-corrected chi connectivity index (χ1v) is 3.83. The summed E-state index contributed by atoms with van der Waals surface area (Å²) in [6.07, 6.45) is 4.53. The minimum absolute atomic E-state index is 0.444. The molecule has 0 heterocycles. The third kappa shape index (κ3) is 1.38. The summed E-state index contributed by atoms with van der Waals surface area (Å²) in [5.74, 6) is -2.19. The van der Waals surface area contributed by atoms with Crippen molar-refractivity contribution in [2.24, 2.45) is 5.92 Å². The lowest BCUT2D eigenvalue weighted by Crippen LogP contribution is -2.38. The normalized spacial score (nSPS) is 34.6. The van der Waals surface area contributed by atoms with E-state index in [1.807, 2.05) is 0 Å². The highest BCUT2D eigenvalue weighted by molar-refractivity contribution is 6.26. The van der Waals surface area contributed by atoms with E-state index in [9.17, 15) is 9.90 Å². The molecule has 2 atom stereocenters. The second-order valence-corrected chi connectivity index (χ2v) is 3.30. The van der Waals surface area contributed by atoms with Crippen molar-refractivity contribution in [3.8, 4) is 0 Å². The fourth-order valence-corrected chi connectivity index (χ4v) is 1.28. The summed E-state index contributed by atoms with van der Waals surface area (Å²) in [6, 6.07) is 0. The maximum absolute atomic E-state index is 10.6. The molecular weight excluding hydrogens is 180 g/mol. The van der Waals surface area contributed by atoms with Crippen LogP contribution in [0.3, 0.4) is 0 Å². The van der Waals surface area contributed by atoms with Crippen molar-refractivity contribution in [2.45, 2.75) is 12.0 Å². The number of carboxylic acid groups (broad SMARTS) is 1. The van der Waals surface area contributed by atoms with E-state index in [2.05, 4.69) is 0 Å². The van der Waals surface area contributed by atoms with Crippen molar-refractivity contribution in [2.75, 3.05) is 0 Å². The molecule has 0 aromatic carbocycles. The molecule has 1 aliphatic carbocycles. The molecule has 0 fully saturated rings. The van der Waals surface area contributed by atoms with E-state index in [1.54, 1.807) is 19.1 Å². The first-order valence-electron chi connectivity index (χ1n) is 3.46. The fourth-order valence-electron chi connectivity index (χ4n) is 1.05. The molecule has 2 unspecified atom stereocenters. The summed E-state index contributed by atoms with van der Waals surface area (Å²) < 4.78 is 0. The van der Waals surface area contributed by atoms with Crippen LogP contribution in [0, 0.1) is 5.92 Å². The van der Waals surface area contributed by atoms with E-state index >= 15 is 0 Å². The summed E-state index contributed by atoms with van der Waals surface area (Å²) in [4.78, 5) is 10.6. The second-order valence-electron chi connectivity index (χ2n) is 2.72. The zero-order valence-electron chi connectivity index (χ0n) is 6.49. The number of aliphatic hydroxyl groups is 1. The highest BCUT2D eigenvalue weighted by atomic mass is 35.5. The van der Waals surface area contributed by atoms with Gasteiger partial charge >= 0.3 is 5.97 Å². The van der Waals surface area contributed by atoms with Gasteiger partial charge in [0.05, 0.1) is 0 Å². The standard InChI is InChI=1S/C8H9ClO3/c1-5-3-2-4-6(7(10)11)8(5,9)12/h2-4,6,12H,1H3,(H,10,11). The Morgan fingerprint density at radius 1 is 1.75 bits per heavy atom. The van der Waals surface area contributed by atoms with Gasteiger partial charge in [-0.05, 0) is 12.5 Å². The predicted octanol–water partition coefficient (Wildman–Crippen LogP) is 1.13. The van der Waals surface area contributed by atoms with Crippen molar-refractivity contribution < 1.29 is 15.0 Å². The Balaban J connectivity index is 3.01. The Labute approximate surface area is 75.0 Å². The number of carboxylic acids is 1. The van der Waals surface area contributed by atoms with Crippen molar-refractivity contribution in [1.82, 2.24) is 0 Å². The smallest absolute Gasteiger partial charge is 0.315 e. The lowest BCUT2D eigenvalue weighted by molar-refractivity contribution is -0.143. The number of halogens is 1. The number of alkyl halides is 1. The Hall–Kier alpha value is -0.800. The van der Waals surface area contributed by atoms with Crippen LogP contribution in [0.4, 0.5) is 0 Å². The zero-order valence-corrected chi connectivity index (χ0v) is 7.25. The topological polar surface area (TPSA) is 57.5 Å². The quantitative estimate of drug-likeness (QED) is 0.607. The van der Waals surface area contributed by atoms with E-state index in [-0.39, 0.29) is 0 Å². The number of hydrogen-bond acceptors (Lipinski definition) is 2. The van der Waals surface area contributed by atoms with Gasteiger partial charge in [-0.1, -0.05) is 29.8 Å². The van der Waals surface area contributed by atoms with Crippen molar-refractivity contribution in [3.63, 3.8) is 0 Å². The average Bonchev–Trinajstić information content (AvgIpc) is 1.94. The van der Waals surface area contributed by atoms with Gasteiger partial charge in [-0.3, -0.25) is 4.79 Å². The minimum atomic E-state index is -1.78. The van der Waals surface area contributed by atoms with Crippen molar-refractivity contribution >= 4 is 17.6 Å². The molecule has 0 radical (unpaired) electrons. The summed E-state index contributed by atoms with van der Waals surface area (Å²) in [6.45, 7) is 1.59. The molecule has 3 nitrogen and oxygen atoms in total. The van der Waals surface area contributed by atoms with Gasteiger partial charge in [0, 0.05) is 0 Å². The first-order chi connectivity index (χ1) is 5.46. The second kappa shape index (κ2) is 2.92. The minimum Gasteiger partial charge on any atom is -0.481 e. The molecule has 0 saturated heterocycles. The van der Waals surface area contributed by atoms with Crippen LogP contribution in [-0.4, -0.2) is 21.2 Å². The Kier molecular flexibility index (Phi) is 2.26. The van der Waals surface area contributed by atoms with Crippen LogP contribution in [0.15, 0.2) is 23.8 Å². The fraction of sp³-hybridized carbons (Fsp3) is 0.375. The highest BCUT2D eigenvalue weighted by Crippen LogP contribution is 2.34. The molecule has 12 heavy (non-hydrogen) atoms. The first kappa shape index (κ1) is 9.29. The number of carbonyl (C=O) groups is 1. The highest BCUT2D eigenvalue weighted by Gasteiger charge is 2.40. The largest absolute Gasteiger partial charge is 0.481 e. The Bertz CT molecular complexity index is 265. The maximum Gasteiger partial charge on any atom is 0.315 e. The lowest BCUT2D eigenvalue weighted by atomic mass is 9.91. The van der Waals surface area contributed by atoms with Crippen molar-refractivity contribution in [1.29, 1.82) is 0 Å². The summed E-state index contributed by atoms with van der Waals surface area (Å²) >= 11 is 5.64. The van der Waals surface area contributed by atoms with Gasteiger partial charge in [0.1, 0.15) is 5.92 Å². The van der Waals surface area contributed by atoms with Gasteiger partial charge in [-0.2, -0.15) is 0 Å². The van der Waals surface area contributed by atoms with Crippen LogP contribution < -0.4 is 0 Å². The van der Waals surface area contributed by atoms with Crippen LogP contribution in [0.25, 0.3) is 0 Å². The van der Waals surface area contributed by atoms with Crippen LogP contribution in [0.1, 0.15) is 6.92 Å². The molecule has 4 heteroatoms. The molecule has 2 N–H and O–H groups in total. The van der Waals surface area contributed by atoms with E-state index < -0.39 is 16.9 Å². The molecule has 1 aliphatic rings. The molecule has 0 aromatic rings. The van der Waals surface area contributed by atoms with E-state index in [4.69, 9.17) is 16.7 Å². The SMILES string of the molecule is CC1=CC=CC(C(=O)O)C1(O)Cl. The molecular formula is C8H9ClO3. The summed E-state index contributed by atoms with van der Waals surface area (Å²) in [5, 5.41) is 16.4. The summed E-state index contributed by atoms with van der Waals surface area (Å²) in [5.41, 5.74) is 0.444. The monoisotopic (exact) mass is 188 g/mol. The van der Waals surface area contributed by atoms with Gasteiger partial charge in [-0.15, -0.1) is 0 Å². The number of allylic oxidation sites excluding steroid dienone is 2. The van der Waals surface area contributed by atoms with Crippen LogP contribution >= 0.6 is 11.6 Å². The maximum atomic E-state index is 10.6. The number of hydrogen-bond donors (Lipinski definition) is 2. The molecule has 0 aliphatic heterocycles. The molecule has 1 rings (SSSR count). The molecule has 0 saturated carbocycles. The van der Waals surface area contributed by atoms with Crippen LogP contribution in [0.2, 0.25) is 0 Å². The Morgan fingerprint density at radius 3 is 2.75 bits per heavy atom. The average molecular weight is 189 g/mol. The van der Waals surface area contributed by atoms with Crippen LogP contribution in [-0.2, 0) is 4.79 Å². The van der Waals surface area contributed by atoms with Crippen molar-refractivity contribution in [3.05, 3.63) is 23.8 Å². The molecule has 0 spiro atoms. The van der Waals surface area contributed by atoms with E-state index in [1.165, 1.54) is 6.08 Å². The van der Waals surface area contributed by atoms with Gasteiger partial charge in [0.15, 0.2) is 5.06 Å². The zero-order chi connectivity index (χ0) is 9.35. The number of aliphatic carboxylic acids is 1. The molecule has 0 bridgehead atoms. The number of rotatable bonds is 1. The van der Waals surface area contributed by atoms with Crippen LogP contribution in [0.5, 0.6) is 0 Å². The van der Waals surface area contributed by atoms with Gasteiger partial charge in [0.25, 0.3) is 0 Å². The van der Waals surface area contributed by atoms with E-state index in [0.29, 0.717) is 5.57 Å². The summed E-state index contributed by atoms with van der Waals surface area (Å²) in [7, 11) is 0. The molecule has 0 amide bonds. The molecule has 66 valence electrons. The van der Waals surface area contributed by atoms with Gasteiger partial charge in [0.2, 0.25) is 0 Å². The molecule has 0 aromatic heterocycles. The van der Waals surface area contributed by atoms with Gasteiger partial charge < -0.3 is 10.2 Å². The Morgan fingerprint density at radius 2 is 2.33 bits per heavy atom. The van der Waals surface area contributed by atoms with E-state index in [0.717, 1.165) is 0 Å². The predicted molar refractivity (Wildman–Crippen MR) is 44.8 cm³/mol.